The molecule has 3 aromatic heterocycles. The van der Waals surface area contributed by atoms with Gasteiger partial charge in [-0.2, -0.15) is 4.98 Å². The van der Waals surface area contributed by atoms with Crippen molar-refractivity contribution < 1.29 is 0 Å². The summed E-state index contributed by atoms with van der Waals surface area (Å²) in [5.41, 5.74) is 2.97. The summed E-state index contributed by atoms with van der Waals surface area (Å²) in [4.78, 5) is 16.0. The Morgan fingerprint density at radius 2 is 1.94 bits per heavy atom. The molecule has 2 N–H and O–H groups in total. The quantitative estimate of drug-likeness (QED) is 0.323. The number of aromatic nitrogens is 3. The summed E-state index contributed by atoms with van der Waals surface area (Å²) in [7, 11) is 0. The van der Waals surface area contributed by atoms with Crippen molar-refractivity contribution >= 4 is 44.7 Å². The van der Waals surface area contributed by atoms with Crippen LogP contribution in [0.2, 0.25) is 0 Å². The number of nitrogens with one attached hydrogen (secondary N) is 2. The first-order valence-electron chi connectivity index (χ1n) is 11.2. The Labute approximate surface area is 197 Å². The average molecular weight is 464 g/mol. The summed E-state index contributed by atoms with van der Waals surface area (Å²) in [5.74, 6) is 2.79. The Morgan fingerprint density at radius 3 is 2.66 bits per heavy atom. The van der Waals surface area contributed by atoms with Crippen LogP contribution < -0.4 is 10.6 Å². The first kappa shape index (κ1) is 21.3. The van der Waals surface area contributed by atoms with Crippen molar-refractivity contribution in [1.29, 1.82) is 0 Å². The SMILES string of the molecule is Cc1nc(NCc2cccs2)nc(NC2(C)CCC(C)C2C)c1-c1nc2ccccc2s1. The number of benzene rings is 1. The molecule has 3 atom stereocenters. The van der Waals surface area contributed by atoms with E-state index in [1.54, 1.807) is 22.7 Å². The molecule has 1 saturated carbocycles. The third kappa shape index (κ3) is 3.99. The van der Waals surface area contributed by atoms with Crippen LogP contribution in [0.3, 0.4) is 0 Å². The van der Waals surface area contributed by atoms with Crippen molar-refractivity contribution in [2.75, 3.05) is 10.6 Å². The van der Waals surface area contributed by atoms with Crippen LogP contribution in [0.4, 0.5) is 11.8 Å². The third-order valence-corrected chi connectivity index (χ3v) is 8.91. The van der Waals surface area contributed by atoms with E-state index in [4.69, 9.17) is 15.0 Å². The van der Waals surface area contributed by atoms with Gasteiger partial charge in [0.25, 0.3) is 0 Å². The largest absolute Gasteiger partial charge is 0.364 e. The smallest absolute Gasteiger partial charge is 0.225 e. The summed E-state index contributed by atoms with van der Waals surface area (Å²) in [6.45, 7) is 9.83. The number of nitrogens with zero attached hydrogens (tertiary/aromatic N) is 3. The zero-order valence-corrected chi connectivity index (χ0v) is 20.6. The molecule has 1 aromatic carbocycles. The van der Waals surface area contributed by atoms with E-state index in [0.29, 0.717) is 17.8 Å². The minimum Gasteiger partial charge on any atom is -0.364 e. The van der Waals surface area contributed by atoms with Gasteiger partial charge in [0.2, 0.25) is 5.95 Å². The highest BCUT2D eigenvalue weighted by molar-refractivity contribution is 7.21. The van der Waals surface area contributed by atoms with Crippen molar-refractivity contribution in [2.24, 2.45) is 11.8 Å². The molecule has 3 heterocycles. The van der Waals surface area contributed by atoms with Crippen LogP contribution in [0.25, 0.3) is 20.8 Å². The van der Waals surface area contributed by atoms with Gasteiger partial charge in [-0.1, -0.05) is 32.0 Å². The lowest BCUT2D eigenvalue weighted by atomic mass is 9.86. The molecule has 5 nitrogen and oxygen atoms in total. The maximum absolute atomic E-state index is 4.99. The topological polar surface area (TPSA) is 62.7 Å². The second-order valence-electron chi connectivity index (χ2n) is 9.12. The fourth-order valence-electron chi connectivity index (χ4n) is 4.64. The molecule has 0 saturated heterocycles. The summed E-state index contributed by atoms with van der Waals surface area (Å²) < 4.78 is 1.18. The molecule has 7 heteroatoms. The van der Waals surface area contributed by atoms with Crippen LogP contribution in [-0.4, -0.2) is 20.5 Å². The number of anilines is 2. The number of fused-ring (bicyclic) bond motifs is 1. The van der Waals surface area contributed by atoms with Gasteiger partial charge in [0.1, 0.15) is 10.8 Å². The zero-order chi connectivity index (χ0) is 22.3. The second-order valence-corrected chi connectivity index (χ2v) is 11.2. The molecule has 3 unspecified atom stereocenters. The fourth-order valence-corrected chi connectivity index (χ4v) is 6.35. The minimum absolute atomic E-state index is 0.00331. The van der Waals surface area contributed by atoms with Crippen LogP contribution in [-0.2, 0) is 6.54 Å². The van der Waals surface area contributed by atoms with E-state index >= 15 is 0 Å². The van der Waals surface area contributed by atoms with Gasteiger partial charge in [-0.15, -0.1) is 22.7 Å². The lowest BCUT2D eigenvalue weighted by Crippen LogP contribution is -2.39. The molecule has 166 valence electrons. The van der Waals surface area contributed by atoms with Crippen LogP contribution >= 0.6 is 22.7 Å². The summed E-state index contributed by atoms with van der Waals surface area (Å²) >= 11 is 3.44. The van der Waals surface area contributed by atoms with Gasteiger partial charge in [-0.3, -0.25) is 0 Å². The van der Waals surface area contributed by atoms with E-state index in [0.717, 1.165) is 40.6 Å². The van der Waals surface area contributed by atoms with Gasteiger partial charge in [0.15, 0.2) is 0 Å². The van der Waals surface area contributed by atoms with Crippen molar-refractivity contribution in [3.63, 3.8) is 0 Å². The molecule has 4 aromatic rings. The summed E-state index contributed by atoms with van der Waals surface area (Å²) in [6, 6.07) is 12.5. The fraction of sp³-hybridized carbons (Fsp3) is 0.400. The van der Waals surface area contributed by atoms with Crippen LogP contribution in [0, 0.1) is 18.8 Å². The van der Waals surface area contributed by atoms with Crippen molar-refractivity contribution in [3.8, 4) is 10.6 Å². The molecule has 0 amide bonds. The maximum Gasteiger partial charge on any atom is 0.225 e. The molecule has 5 rings (SSSR count). The van der Waals surface area contributed by atoms with Gasteiger partial charge in [-0.05, 0) is 62.1 Å². The lowest BCUT2D eigenvalue weighted by Gasteiger charge is -2.33. The number of para-hydroxylation sites is 1. The first-order chi connectivity index (χ1) is 15.4. The van der Waals surface area contributed by atoms with Crippen LogP contribution in [0.5, 0.6) is 0 Å². The van der Waals surface area contributed by atoms with E-state index in [-0.39, 0.29) is 5.54 Å². The minimum atomic E-state index is -0.00331. The van der Waals surface area contributed by atoms with E-state index in [2.05, 4.69) is 74.0 Å². The van der Waals surface area contributed by atoms with E-state index in [9.17, 15) is 0 Å². The summed E-state index contributed by atoms with van der Waals surface area (Å²) in [5, 5.41) is 10.3. The Morgan fingerprint density at radius 1 is 1.09 bits per heavy atom. The highest BCUT2D eigenvalue weighted by Gasteiger charge is 2.41. The molecular formula is C25H29N5S2. The highest BCUT2D eigenvalue weighted by atomic mass is 32.1. The van der Waals surface area contributed by atoms with Crippen molar-refractivity contribution in [3.05, 3.63) is 52.3 Å². The molecule has 0 spiro atoms. The second kappa shape index (κ2) is 8.45. The Kier molecular flexibility index (Phi) is 5.63. The van der Waals surface area contributed by atoms with Gasteiger partial charge in [0.05, 0.1) is 28.0 Å². The Balaban J connectivity index is 1.56. The molecular weight excluding hydrogens is 434 g/mol. The number of thiazole rings is 1. The molecule has 1 aliphatic rings. The molecule has 32 heavy (non-hydrogen) atoms. The molecule has 1 aliphatic carbocycles. The van der Waals surface area contributed by atoms with Crippen molar-refractivity contribution in [1.82, 2.24) is 15.0 Å². The molecule has 0 aliphatic heterocycles. The zero-order valence-electron chi connectivity index (χ0n) is 19.0. The standard InChI is InChI=1S/C25H29N5S2/c1-15-11-12-25(4,16(15)2)30-22-21(23-28-19-9-5-6-10-20(19)32-23)17(3)27-24(29-22)26-14-18-8-7-13-31-18/h5-10,13,15-16H,11-12,14H2,1-4H3,(H2,26,27,29,30). The van der Waals surface area contributed by atoms with Gasteiger partial charge in [-0.25, -0.2) is 9.97 Å². The van der Waals surface area contributed by atoms with Crippen LogP contribution in [0.15, 0.2) is 41.8 Å². The summed E-state index contributed by atoms with van der Waals surface area (Å²) in [6.07, 6.45) is 2.37. The van der Waals surface area contributed by atoms with Gasteiger partial charge in [0, 0.05) is 10.4 Å². The van der Waals surface area contributed by atoms with E-state index < -0.39 is 0 Å². The number of hydrogen-bond donors (Lipinski definition) is 2. The number of thiophene rings is 1. The normalized spacial score (nSPS) is 23.0. The van der Waals surface area contributed by atoms with Gasteiger partial charge < -0.3 is 10.6 Å². The molecule has 0 radical (unpaired) electrons. The predicted molar refractivity (Wildman–Crippen MR) is 137 cm³/mol. The lowest BCUT2D eigenvalue weighted by molar-refractivity contribution is 0.348. The number of hydrogen-bond acceptors (Lipinski definition) is 7. The number of aryl methyl sites for hydroxylation is 1. The maximum atomic E-state index is 4.99. The Hall–Kier alpha value is -2.51. The molecule has 1 fully saturated rings. The predicted octanol–water partition coefficient (Wildman–Crippen LogP) is 6.97. The molecule has 0 bridgehead atoms. The van der Waals surface area contributed by atoms with Crippen molar-refractivity contribution in [2.45, 2.75) is 52.6 Å². The van der Waals surface area contributed by atoms with E-state index in [1.165, 1.54) is 16.0 Å². The monoisotopic (exact) mass is 463 g/mol. The first-order valence-corrected chi connectivity index (χ1v) is 12.9. The number of rotatable bonds is 6. The van der Waals surface area contributed by atoms with Gasteiger partial charge >= 0.3 is 0 Å². The Bertz CT molecular complexity index is 1200. The average Bonchev–Trinajstić information content (AvgIpc) is 3.49. The van der Waals surface area contributed by atoms with Crippen LogP contribution in [0.1, 0.15) is 44.2 Å². The third-order valence-electron chi connectivity index (χ3n) is 6.98. The highest BCUT2D eigenvalue weighted by Crippen LogP contribution is 2.44. The van der Waals surface area contributed by atoms with E-state index in [1.807, 2.05) is 6.07 Å².